The molecule has 0 N–H and O–H groups in total. The molecule has 0 unspecified atom stereocenters. The van der Waals surface area contributed by atoms with Crippen LogP contribution in [0, 0.1) is 6.92 Å². The number of fused-ring (bicyclic) bond motifs is 1. The maximum Gasteiger partial charge on any atom is 0.416 e. The van der Waals surface area contributed by atoms with Crippen molar-refractivity contribution in [3.8, 4) is 5.75 Å². The van der Waals surface area contributed by atoms with Gasteiger partial charge in [-0.05, 0) is 49.4 Å². The maximum absolute atomic E-state index is 13.1. The Morgan fingerprint density at radius 3 is 2.45 bits per heavy atom. The molecule has 1 amide bonds. The van der Waals surface area contributed by atoms with E-state index in [1.807, 2.05) is 29.2 Å². The summed E-state index contributed by atoms with van der Waals surface area (Å²) in [6, 6.07) is 12.6. The molecule has 2 heterocycles. The van der Waals surface area contributed by atoms with Crippen LogP contribution >= 0.6 is 0 Å². The third kappa shape index (κ3) is 4.28. The second-order valence-corrected chi connectivity index (χ2v) is 7.51. The lowest BCUT2D eigenvalue weighted by Crippen LogP contribution is -2.49. The number of hydrogen-bond acceptors (Lipinski definition) is 4. The Kier molecular flexibility index (Phi) is 5.47. The molecule has 1 aliphatic rings. The molecule has 2 aromatic carbocycles. The second-order valence-electron chi connectivity index (χ2n) is 7.51. The summed E-state index contributed by atoms with van der Waals surface area (Å²) in [6.45, 7) is 3.56. The smallest absolute Gasteiger partial charge is 0.416 e. The van der Waals surface area contributed by atoms with Crippen LogP contribution in [-0.4, -0.2) is 49.1 Å². The Labute approximate surface area is 178 Å². The highest BCUT2D eigenvalue weighted by Gasteiger charge is 2.31. The first-order chi connectivity index (χ1) is 14.8. The summed E-state index contributed by atoms with van der Waals surface area (Å²) in [4.78, 5) is 21.3. The van der Waals surface area contributed by atoms with Crippen LogP contribution in [0.5, 0.6) is 5.75 Å². The standard InChI is InChI=1S/C23H22F3N3O2/c1-15-20(13-16-12-19(31-2)6-7-21(16)27-15)22(30)29-10-8-28(9-11-29)18-5-3-4-17(14-18)23(24,25)26/h3-7,12-14H,8-11H2,1-2H3. The molecule has 1 saturated heterocycles. The highest BCUT2D eigenvalue weighted by atomic mass is 19.4. The number of amides is 1. The zero-order valence-corrected chi connectivity index (χ0v) is 17.2. The fraction of sp³-hybridized carbons (Fsp3) is 0.304. The van der Waals surface area contributed by atoms with Gasteiger partial charge in [0.15, 0.2) is 0 Å². The molecule has 0 atom stereocenters. The largest absolute Gasteiger partial charge is 0.497 e. The van der Waals surface area contributed by atoms with E-state index in [4.69, 9.17) is 4.74 Å². The van der Waals surface area contributed by atoms with Crippen molar-refractivity contribution in [1.29, 1.82) is 0 Å². The average Bonchev–Trinajstić information content (AvgIpc) is 2.77. The molecule has 1 aliphatic heterocycles. The summed E-state index contributed by atoms with van der Waals surface area (Å²) in [5, 5.41) is 0.816. The van der Waals surface area contributed by atoms with E-state index in [-0.39, 0.29) is 5.91 Å². The third-order valence-corrected chi connectivity index (χ3v) is 5.55. The van der Waals surface area contributed by atoms with Crippen LogP contribution in [-0.2, 0) is 6.18 Å². The van der Waals surface area contributed by atoms with Crippen LogP contribution < -0.4 is 9.64 Å². The topological polar surface area (TPSA) is 45.7 Å². The Hall–Kier alpha value is -3.29. The van der Waals surface area contributed by atoms with Crippen LogP contribution in [0.15, 0.2) is 48.5 Å². The predicted octanol–water partition coefficient (Wildman–Crippen LogP) is 4.53. The van der Waals surface area contributed by atoms with E-state index in [0.717, 1.165) is 23.0 Å². The Balaban J connectivity index is 1.50. The van der Waals surface area contributed by atoms with Gasteiger partial charge in [-0.15, -0.1) is 0 Å². The number of methoxy groups -OCH3 is 1. The Bertz CT molecular complexity index is 1120. The fourth-order valence-corrected chi connectivity index (χ4v) is 3.81. The molecular weight excluding hydrogens is 407 g/mol. The first kappa shape index (κ1) is 21.0. The van der Waals surface area contributed by atoms with Gasteiger partial charge < -0.3 is 14.5 Å². The molecular formula is C23H22F3N3O2. The van der Waals surface area contributed by atoms with E-state index in [1.165, 1.54) is 6.07 Å². The van der Waals surface area contributed by atoms with Gasteiger partial charge in [0.25, 0.3) is 5.91 Å². The van der Waals surface area contributed by atoms with Crippen molar-refractivity contribution in [3.05, 3.63) is 65.4 Å². The van der Waals surface area contributed by atoms with Gasteiger partial charge in [0, 0.05) is 37.3 Å². The normalized spacial score (nSPS) is 14.7. The average molecular weight is 429 g/mol. The minimum atomic E-state index is -4.38. The molecule has 4 rings (SSSR count). The zero-order valence-electron chi connectivity index (χ0n) is 17.2. The number of aryl methyl sites for hydroxylation is 1. The second kappa shape index (κ2) is 8.09. The van der Waals surface area contributed by atoms with Gasteiger partial charge in [-0.1, -0.05) is 6.07 Å². The number of benzene rings is 2. The van der Waals surface area contributed by atoms with Crippen molar-refractivity contribution in [2.24, 2.45) is 0 Å². The number of rotatable bonds is 3. The molecule has 3 aromatic rings. The number of ether oxygens (including phenoxy) is 1. The van der Waals surface area contributed by atoms with Crippen molar-refractivity contribution in [2.45, 2.75) is 13.1 Å². The zero-order chi connectivity index (χ0) is 22.2. The SMILES string of the molecule is COc1ccc2nc(C)c(C(=O)N3CCN(c4cccc(C(F)(F)F)c4)CC3)cc2c1. The molecule has 162 valence electrons. The van der Waals surface area contributed by atoms with Gasteiger partial charge in [0.05, 0.1) is 29.4 Å². The van der Waals surface area contributed by atoms with Crippen LogP contribution in [0.3, 0.4) is 0 Å². The van der Waals surface area contributed by atoms with Crippen molar-refractivity contribution in [3.63, 3.8) is 0 Å². The number of hydrogen-bond donors (Lipinski definition) is 0. The lowest BCUT2D eigenvalue weighted by molar-refractivity contribution is -0.137. The fourth-order valence-electron chi connectivity index (χ4n) is 3.81. The quantitative estimate of drug-likeness (QED) is 0.614. The van der Waals surface area contributed by atoms with Crippen LogP contribution in [0.4, 0.5) is 18.9 Å². The lowest BCUT2D eigenvalue weighted by Gasteiger charge is -2.36. The summed E-state index contributed by atoms with van der Waals surface area (Å²) in [5.74, 6) is 0.560. The molecule has 5 nitrogen and oxygen atoms in total. The first-order valence-electron chi connectivity index (χ1n) is 9.93. The number of carbonyl (C=O) groups is 1. The molecule has 0 aliphatic carbocycles. The van der Waals surface area contributed by atoms with Gasteiger partial charge in [-0.25, -0.2) is 0 Å². The number of alkyl halides is 3. The lowest BCUT2D eigenvalue weighted by atomic mass is 10.1. The molecule has 0 saturated carbocycles. The summed E-state index contributed by atoms with van der Waals surface area (Å²) < 4.78 is 44.3. The van der Waals surface area contributed by atoms with E-state index >= 15 is 0 Å². The number of piperazine rings is 1. The molecule has 0 bridgehead atoms. The Morgan fingerprint density at radius 2 is 1.77 bits per heavy atom. The van der Waals surface area contributed by atoms with Crippen LogP contribution in [0.1, 0.15) is 21.6 Å². The van der Waals surface area contributed by atoms with Crippen molar-refractivity contribution < 1.29 is 22.7 Å². The molecule has 1 aromatic heterocycles. The molecule has 0 spiro atoms. The number of anilines is 1. The van der Waals surface area contributed by atoms with E-state index in [0.29, 0.717) is 48.9 Å². The Morgan fingerprint density at radius 1 is 1.03 bits per heavy atom. The predicted molar refractivity (Wildman–Crippen MR) is 113 cm³/mol. The summed E-state index contributed by atoms with van der Waals surface area (Å²) in [6.07, 6.45) is -4.38. The van der Waals surface area contributed by atoms with Crippen molar-refractivity contribution >= 4 is 22.5 Å². The van der Waals surface area contributed by atoms with E-state index in [9.17, 15) is 18.0 Å². The number of aromatic nitrogens is 1. The van der Waals surface area contributed by atoms with Gasteiger partial charge >= 0.3 is 6.18 Å². The number of carbonyl (C=O) groups excluding carboxylic acids is 1. The van der Waals surface area contributed by atoms with Crippen LogP contribution in [0.25, 0.3) is 10.9 Å². The summed E-state index contributed by atoms with van der Waals surface area (Å²) in [7, 11) is 1.58. The minimum Gasteiger partial charge on any atom is -0.497 e. The van der Waals surface area contributed by atoms with E-state index in [2.05, 4.69) is 4.98 Å². The molecule has 1 fully saturated rings. The number of pyridine rings is 1. The molecule has 8 heteroatoms. The minimum absolute atomic E-state index is 0.126. The summed E-state index contributed by atoms with van der Waals surface area (Å²) in [5.41, 5.74) is 1.79. The van der Waals surface area contributed by atoms with Gasteiger partial charge in [-0.3, -0.25) is 9.78 Å². The summed E-state index contributed by atoms with van der Waals surface area (Å²) >= 11 is 0. The maximum atomic E-state index is 13.1. The molecule has 0 radical (unpaired) electrons. The van der Waals surface area contributed by atoms with Gasteiger partial charge in [0.1, 0.15) is 5.75 Å². The highest BCUT2D eigenvalue weighted by Crippen LogP contribution is 2.32. The van der Waals surface area contributed by atoms with Crippen molar-refractivity contribution in [1.82, 2.24) is 9.88 Å². The van der Waals surface area contributed by atoms with E-state index in [1.54, 1.807) is 25.0 Å². The number of nitrogens with zero attached hydrogens (tertiary/aromatic N) is 3. The van der Waals surface area contributed by atoms with Crippen LogP contribution in [0.2, 0.25) is 0 Å². The monoisotopic (exact) mass is 429 g/mol. The number of halogens is 3. The first-order valence-corrected chi connectivity index (χ1v) is 9.93. The molecule has 31 heavy (non-hydrogen) atoms. The van der Waals surface area contributed by atoms with Crippen molar-refractivity contribution in [2.75, 3.05) is 38.2 Å². The van der Waals surface area contributed by atoms with Gasteiger partial charge in [0.2, 0.25) is 0 Å². The van der Waals surface area contributed by atoms with E-state index < -0.39 is 11.7 Å². The van der Waals surface area contributed by atoms with Gasteiger partial charge in [-0.2, -0.15) is 13.2 Å². The highest BCUT2D eigenvalue weighted by molar-refractivity contribution is 5.99. The third-order valence-electron chi connectivity index (χ3n) is 5.55.